The molecule has 0 N–H and O–H groups in total. The number of aliphatic imine (C=N–C) groups is 1. The molecule has 1 nitrogen and oxygen atoms in total. The molecule has 0 aliphatic carbocycles. The van der Waals surface area contributed by atoms with E-state index < -0.39 is 0 Å². The van der Waals surface area contributed by atoms with Gasteiger partial charge in [-0.1, -0.05) is 20.3 Å². The Hall–Kier alpha value is -0.330. The second kappa shape index (κ2) is 7.67. The predicted octanol–water partition coefficient (Wildman–Crippen LogP) is 2.66. The highest BCUT2D eigenvalue weighted by Crippen LogP contribution is 1.89. The van der Waals surface area contributed by atoms with Crippen molar-refractivity contribution in [2.24, 2.45) is 4.99 Å². The van der Waals surface area contributed by atoms with Crippen molar-refractivity contribution in [2.45, 2.75) is 39.5 Å². The van der Waals surface area contributed by atoms with E-state index in [1.54, 1.807) is 0 Å². The number of unbranched alkanes of at least 4 members (excludes halogenated alkanes) is 2. The van der Waals surface area contributed by atoms with E-state index in [1.807, 2.05) is 6.21 Å². The summed E-state index contributed by atoms with van der Waals surface area (Å²) in [6.07, 6.45) is 6.94. The highest BCUT2D eigenvalue weighted by atomic mass is 14.7. The molecule has 0 aromatic carbocycles. The average molecular weight is 127 g/mol. The molecule has 54 valence electrons. The van der Waals surface area contributed by atoms with Crippen LogP contribution >= 0.6 is 0 Å². The van der Waals surface area contributed by atoms with Crippen LogP contribution in [0.3, 0.4) is 0 Å². The van der Waals surface area contributed by atoms with Crippen molar-refractivity contribution in [1.82, 2.24) is 0 Å². The van der Waals surface area contributed by atoms with Crippen molar-refractivity contribution in [3.05, 3.63) is 0 Å². The zero-order valence-corrected chi connectivity index (χ0v) is 6.56. The molecule has 0 aromatic rings. The first-order valence-electron chi connectivity index (χ1n) is 3.90. The third-order valence-corrected chi connectivity index (χ3v) is 1.17. The van der Waals surface area contributed by atoms with Gasteiger partial charge in [0.25, 0.3) is 0 Å². The third kappa shape index (κ3) is 7.67. The highest BCUT2D eigenvalue weighted by molar-refractivity contribution is 5.56. The standard InChI is InChI=1S/C8H17N/c1-3-5-6-8-9-7-4-2/h8H,3-7H2,1-2H3. The molecular weight excluding hydrogens is 110 g/mol. The molecule has 0 saturated heterocycles. The van der Waals surface area contributed by atoms with Gasteiger partial charge in [-0.25, -0.2) is 0 Å². The second-order valence-corrected chi connectivity index (χ2v) is 2.23. The van der Waals surface area contributed by atoms with Gasteiger partial charge in [-0.2, -0.15) is 0 Å². The summed E-state index contributed by atoms with van der Waals surface area (Å²) in [5.41, 5.74) is 0. The van der Waals surface area contributed by atoms with Crippen LogP contribution in [0.25, 0.3) is 0 Å². The van der Waals surface area contributed by atoms with E-state index in [-0.39, 0.29) is 0 Å². The van der Waals surface area contributed by atoms with Gasteiger partial charge in [-0.15, -0.1) is 0 Å². The Kier molecular flexibility index (Phi) is 7.39. The summed E-state index contributed by atoms with van der Waals surface area (Å²) in [4.78, 5) is 4.20. The summed E-state index contributed by atoms with van der Waals surface area (Å²) in [6, 6.07) is 0. The summed E-state index contributed by atoms with van der Waals surface area (Å²) in [5.74, 6) is 0. The maximum absolute atomic E-state index is 4.20. The van der Waals surface area contributed by atoms with Gasteiger partial charge in [-0.3, -0.25) is 4.99 Å². The number of rotatable bonds is 5. The fourth-order valence-corrected chi connectivity index (χ4v) is 0.607. The Morgan fingerprint density at radius 1 is 1.22 bits per heavy atom. The molecule has 0 aliphatic rings. The molecular formula is C8H17N. The molecule has 0 amide bonds. The van der Waals surface area contributed by atoms with Crippen molar-refractivity contribution < 1.29 is 0 Å². The van der Waals surface area contributed by atoms with Gasteiger partial charge in [-0.05, 0) is 25.5 Å². The van der Waals surface area contributed by atoms with Gasteiger partial charge in [0.1, 0.15) is 0 Å². The second-order valence-electron chi connectivity index (χ2n) is 2.23. The smallest absolute Gasteiger partial charge is 0.0382 e. The largest absolute Gasteiger partial charge is 0.298 e. The highest BCUT2D eigenvalue weighted by Gasteiger charge is 1.77. The van der Waals surface area contributed by atoms with Crippen LogP contribution in [-0.4, -0.2) is 12.8 Å². The maximum atomic E-state index is 4.20. The van der Waals surface area contributed by atoms with Crippen molar-refractivity contribution in [1.29, 1.82) is 0 Å². The molecule has 0 aliphatic heterocycles. The summed E-state index contributed by atoms with van der Waals surface area (Å²) < 4.78 is 0. The summed E-state index contributed by atoms with van der Waals surface area (Å²) in [7, 11) is 0. The molecule has 0 spiro atoms. The van der Waals surface area contributed by atoms with E-state index >= 15 is 0 Å². The Bertz CT molecular complexity index is 67.0. The molecule has 9 heavy (non-hydrogen) atoms. The van der Waals surface area contributed by atoms with Crippen molar-refractivity contribution in [3.8, 4) is 0 Å². The summed E-state index contributed by atoms with van der Waals surface area (Å²) in [5, 5.41) is 0. The van der Waals surface area contributed by atoms with Crippen molar-refractivity contribution in [2.75, 3.05) is 6.54 Å². The van der Waals surface area contributed by atoms with Crippen molar-refractivity contribution in [3.63, 3.8) is 0 Å². The van der Waals surface area contributed by atoms with Crippen LogP contribution in [0.4, 0.5) is 0 Å². The maximum Gasteiger partial charge on any atom is 0.0382 e. The zero-order chi connectivity index (χ0) is 6.95. The fourth-order valence-electron chi connectivity index (χ4n) is 0.607. The fraction of sp³-hybridized carbons (Fsp3) is 0.875. The first-order valence-corrected chi connectivity index (χ1v) is 3.90. The Morgan fingerprint density at radius 2 is 2.00 bits per heavy atom. The van der Waals surface area contributed by atoms with Crippen LogP contribution in [0.2, 0.25) is 0 Å². The topological polar surface area (TPSA) is 12.4 Å². The van der Waals surface area contributed by atoms with Gasteiger partial charge in [0, 0.05) is 6.54 Å². The lowest BCUT2D eigenvalue weighted by molar-refractivity contribution is 0.836. The lowest BCUT2D eigenvalue weighted by Gasteiger charge is -1.87. The van der Waals surface area contributed by atoms with Gasteiger partial charge in [0.2, 0.25) is 0 Å². The molecule has 0 saturated carbocycles. The minimum atomic E-state index is 1.00. The minimum Gasteiger partial charge on any atom is -0.298 e. The average Bonchev–Trinajstić information content (AvgIpc) is 1.89. The van der Waals surface area contributed by atoms with E-state index in [9.17, 15) is 0 Å². The van der Waals surface area contributed by atoms with Crippen LogP contribution in [0.5, 0.6) is 0 Å². The van der Waals surface area contributed by atoms with Gasteiger partial charge in [0.15, 0.2) is 0 Å². The van der Waals surface area contributed by atoms with E-state index in [0.717, 1.165) is 13.0 Å². The molecule has 0 aromatic heterocycles. The molecule has 0 radical (unpaired) electrons. The lowest BCUT2D eigenvalue weighted by Crippen LogP contribution is -1.78. The van der Waals surface area contributed by atoms with E-state index in [1.165, 1.54) is 19.3 Å². The van der Waals surface area contributed by atoms with Crippen LogP contribution in [0.1, 0.15) is 39.5 Å². The molecule has 0 bridgehead atoms. The van der Waals surface area contributed by atoms with Gasteiger partial charge >= 0.3 is 0 Å². The van der Waals surface area contributed by atoms with Crippen LogP contribution in [-0.2, 0) is 0 Å². The minimum absolute atomic E-state index is 1.00. The first-order chi connectivity index (χ1) is 4.41. The van der Waals surface area contributed by atoms with Gasteiger partial charge < -0.3 is 0 Å². The molecule has 0 fully saturated rings. The molecule has 0 rings (SSSR count). The number of hydrogen-bond acceptors (Lipinski definition) is 1. The molecule has 0 atom stereocenters. The Balaban J connectivity index is 2.86. The van der Waals surface area contributed by atoms with E-state index in [4.69, 9.17) is 0 Å². The van der Waals surface area contributed by atoms with Crippen LogP contribution in [0, 0.1) is 0 Å². The molecule has 0 heterocycles. The third-order valence-electron chi connectivity index (χ3n) is 1.17. The normalized spacial score (nSPS) is 10.9. The molecule has 1 heteroatoms. The molecule has 0 unspecified atom stereocenters. The van der Waals surface area contributed by atoms with Gasteiger partial charge in [0.05, 0.1) is 0 Å². The number of hydrogen-bond donors (Lipinski definition) is 0. The number of nitrogens with zero attached hydrogens (tertiary/aromatic N) is 1. The Morgan fingerprint density at radius 3 is 2.56 bits per heavy atom. The van der Waals surface area contributed by atoms with Crippen LogP contribution in [0.15, 0.2) is 4.99 Å². The zero-order valence-electron chi connectivity index (χ0n) is 6.56. The van der Waals surface area contributed by atoms with Crippen molar-refractivity contribution >= 4 is 6.21 Å². The lowest BCUT2D eigenvalue weighted by atomic mass is 10.3. The summed E-state index contributed by atoms with van der Waals surface area (Å²) in [6.45, 7) is 5.36. The quantitative estimate of drug-likeness (QED) is 0.397. The van der Waals surface area contributed by atoms with E-state index in [0.29, 0.717) is 0 Å². The first kappa shape index (κ1) is 8.67. The Labute approximate surface area is 58.2 Å². The SMILES string of the molecule is CCCCC=NCCC. The summed E-state index contributed by atoms with van der Waals surface area (Å²) >= 11 is 0. The predicted molar refractivity (Wildman–Crippen MR) is 43.2 cm³/mol. The monoisotopic (exact) mass is 127 g/mol. The van der Waals surface area contributed by atoms with Crippen LogP contribution < -0.4 is 0 Å². The van der Waals surface area contributed by atoms with E-state index in [2.05, 4.69) is 18.8 Å².